The lowest BCUT2D eigenvalue weighted by atomic mass is 9.99. The number of benzene rings is 1. The summed E-state index contributed by atoms with van der Waals surface area (Å²) < 4.78 is 30.2. The van der Waals surface area contributed by atoms with Crippen molar-refractivity contribution in [2.24, 2.45) is 0 Å². The van der Waals surface area contributed by atoms with E-state index in [1.54, 1.807) is 77.0 Å². The first-order valence-corrected chi connectivity index (χ1v) is 16.0. The van der Waals surface area contributed by atoms with Gasteiger partial charge in [-0.15, -0.1) is 0 Å². The number of carbonyl (C=O) groups is 2. The number of aromatic carboxylic acids is 2. The smallest absolute Gasteiger partial charge is 0.335 e. The van der Waals surface area contributed by atoms with Gasteiger partial charge in [-0.25, -0.2) is 9.59 Å². The molecular weight excluding hydrogens is 487 g/mol. The molecule has 0 heterocycles. The first-order chi connectivity index (χ1) is 16.7. The van der Waals surface area contributed by atoms with E-state index in [1.807, 2.05) is 0 Å². The van der Waals surface area contributed by atoms with Gasteiger partial charge in [0.05, 0.1) is 16.0 Å². The molecule has 4 rings (SSSR count). The van der Waals surface area contributed by atoms with Crippen molar-refractivity contribution < 1.29 is 32.8 Å². The predicted molar refractivity (Wildman–Crippen MR) is 138 cm³/mol. The second kappa shape index (κ2) is 13.2. The van der Waals surface area contributed by atoms with Crippen LogP contribution in [0.4, 0.5) is 0 Å². The van der Waals surface area contributed by atoms with Gasteiger partial charge in [0.15, 0.2) is 0 Å². The van der Waals surface area contributed by atoms with Crippen molar-refractivity contribution in [2.45, 2.75) is 118 Å². The fraction of sp³-hybridized carbons (Fsp3) is 0.692. The van der Waals surface area contributed by atoms with E-state index in [9.17, 15) is 18.0 Å². The fourth-order valence-electron chi connectivity index (χ4n) is 6.03. The molecular formula is C26H39O7PS. The zero-order chi connectivity index (χ0) is 25.4. The largest absolute Gasteiger partial charge is 0.478 e. The van der Waals surface area contributed by atoms with E-state index >= 15 is 0 Å². The van der Waals surface area contributed by atoms with E-state index in [0.29, 0.717) is 20.1 Å². The van der Waals surface area contributed by atoms with Gasteiger partial charge < -0.3 is 10.2 Å². The highest BCUT2D eigenvalue weighted by molar-refractivity contribution is 7.85. The van der Waals surface area contributed by atoms with Crippen molar-refractivity contribution in [3.8, 4) is 0 Å². The first-order valence-electron chi connectivity index (χ1n) is 13.0. The summed E-state index contributed by atoms with van der Waals surface area (Å²) in [6.45, 7) is 0. The molecule has 0 unspecified atom stereocenters. The Morgan fingerprint density at radius 3 is 1.20 bits per heavy atom. The molecule has 0 bridgehead atoms. The minimum absolute atomic E-state index is 0.385. The molecule has 3 aliphatic carbocycles. The number of carboxylic acid groups (broad SMARTS) is 2. The molecule has 1 aromatic carbocycles. The van der Waals surface area contributed by atoms with Gasteiger partial charge in [0, 0.05) is 0 Å². The van der Waals surface area contributed by atoms with Crippen LogP contribution in [0.25, 0.3) is 0 Å². The summed E-state index contributed by atoms with van der Waals surface area (Å²) in [6.07, 6.45) is 23.6. The molecule has 0 radical (unpaired) electrons. The maximum Gasteiger partial charge on any atom is 0.335 e. The van der Waals surface area contributed by atoms with Crippen molar-refractivity contribution in [1.82, 2.24) is 0 Å². The minimum Gasteiger partial charge on any atom is -0.478 e. The molecule has 0 aliphatic heterocycles. The lowest BCUT2D eigenvalue weighted by Gasteiger charge is -2.44. The zero-order valence-electron chi connectivity index (χ0n) is 20.4. The van der Waals surface area contributed by atoms with Gasteiger partial charge in [0.2, 0.25) is 0 Å². The van der Waals surface area contributed by atoms with Crippen LogP contribution in [0.2, 0.25) is 0 Å². The van der Waals surface area contributed by atoms with Crippen LogP contribution >= 0.6 is 7.92 Å². The van der Waals surface area contributed by atoms with Crippen molar-refractivity contribution in [3.63, 3.8) is 0 Å². The van der Waals surface area contributed by atoms with Gasteiger partial charge in [-0.3, -0.25) is 4.55 Å². The standard InChI is InChI=1S/C18H33P.C8H6O7S/c1-4-10-16(11-5-1)19(17-12-6-2-7-13-17)18-14-8-3-9-15-18;9-7(10)4-1-5(8(11)12)3-6(2-4)16(13,14)15/h16-18H,1-15H2;1-3H,(H,9,10)(H,11,12)(H,13,14,15). The maximum atomic E-state index is 10.8. The molecule has 3 fully saturated rings. The molecule has 3 aliphatic rings. The fourth-order valence-corrected chi connectivity index (χ4v) is 11.3. The van der Waals surface area contributed by atoms with Crippen LogP contribution in [0.15, 0.2) is 23.1 Å². The van der Waals surface area contributed by atoms with E-state index in [2.05, 4.69) is 0 Å². The number of hydrogen-bond acceptors (Lipinski definition) is 4. The summed E-state index contributed by atoms with van der Waals surface area (Å²) in [6, 6.07) is 2.13. The maximum absolute atomic E-state index is 10.8. The van der Waals surface area contributed by atoms with E-state index in [1.165, 1.54) is 36.2 Å². The molecule has 0 spiro atoms. The third-order valence-electron chi connectivity index (χ3n) is 7.69. The monoisotopic (exact) mass is 526 g/mol. The minimum atomic E-state index is -4.64. The van der Waals surface area contributed by atoms with Gasteiger partial charge in [-0.1, -0.05) is 65.7 Å². The molecule has 7 nitrogen and oxygen atoms in total. The third-order valence-corrected chi connectivity index (χ3v) is 12.6. The average molecular weight is 527 g/mol. The average Bonchev–Trinajstić information content (AvgIpc) is 2.86. The Morgan fingerprint density at radius 2 is 0.943 bits per heavy atom. The second-order valence-electron chi connectivity index (χ2n) is 10.2. The highest BCUT2D eigenvalue weighted by Crippen LogP contribution is 2.61. The lowest BCUT2D eigenvalue weighted by Crippen LogP contribution is -2.28. The molecule has 1 aromatic rings. The van der Waals surface area contributed by atoms with Gasteiger partial charge in [0.25, 0.3) is 10.1 Å². The van der Waals surface area contributed by atoms with Crippen LogP contribution in [-0.4, -0.2) is 52.1 Å². The summed E-state index contributed by atoms with van der Waals surface area (Å²) in [5, 5.41) is 17.2. The Bertz CT molecular complexity index is 885. The van der Waals surface area contributed by atoms with Crippen LogP contribution in [-0.2, 0) is 10.1 Å². The van der Waals surface area contributed by atoms with Gasteiger partial charge in [-0.05, 0) is 73.7 Å². The SMILES string of the molecule is C1CCC(P(C2CCCCC2)C2CCCCC2)CC1.O=C(O)c1cc(C(=O)O)cc(S(=O)(=O)O)c1. The van der Waals surface area contributed by atoms with Crippen LogP contribution in [0.3, 0.4) is 0 Å². The summed E-state index contributed by atoms with van der Waals surface area (Å²) >= 11 is 0. The normalized spacial score (nSPS) is 20.7. The van der Waals surface area contributed by atoms with Crippen molar-refractivity contribution in [1.29, 1.82) is 0 Å². The number of carboxylic acids is 2. The van der Waals surface area contributed by atoms with Crippen molar-refractivity contribution in [2.75, 3.05) is 0 Å². The number of rotatable bonds is 6. The summed E-state index contributed by atoms with van der Waals surface area (Å²) in [5.41, 5.74) is 2.50. The number of hydrogen-bond donors (Lipinski definition) is 3. The molecule has 0 saturated heterocycles. The Labute approximate surface area is 210 Å². The Balaban J connectivity index is 0.000000199. The van der Waals surface area contributed by atoms with Crippen LogP contribution < -0.4 is 0 Å². The predicted octanol–water partition coefficient (Wildman–Crippen LogP) is 6.80. The highest BCUT2D eigenvalue weighted by atomic mass is 32.2. The molecule has 0 atom stereocenters. The zero-order valence-corrected chi connectivity index (χ0v) is 22.1. The van der Waals surface area contributed by atoms with Gasteiger partial charge >= 0.3 is 11.9 Å². The Kier molecular flexibility index (Phi) is 10.6. The topological polar surface area (TPSA) is 129 Å². The molecule has 3 N–H and O–H groups in total. The van der Waals surface area contributed by atoms with Gasteiger partial charge in [-0.2, -0.15) is 8.42 Å². The third kappa shape index (κ3) is 8.26. The summed E-state index contributed by atoms with van der Waals surface area (Å²) in [4.78, 5) is 20.4. The molecule has 0 aromatic heterocycles. The van der Waals surface area contributed by atoms with Crippen LogP contribution in [0, 0.1) is 0 Å². The Morgan fingerprint density at radius 1 is 0.629 bits per heavy atom. The van der Waals surface area contributed by atoms with E-state index in [-0.39, 0.29) is 0 Å². The lowest BCUT2D eigenvalue weighted by molar-refractivity contribution is 0.0696. The summed E-state index contributed by atoms with van der Waals surface area (Å²) in [7, 11) is -4.26. The van der Waals surface area contributed by atoms with Gasteiger partial charge in [0.1, 0.15) is 0 Å². The second-order valence-corrected chi connectivity index (χ2v) is 14.7. The van der Waals surface area contributed by atoms with E-state index < -0.39 is 38.1 Å². The molecule has 196 valence electrons. The van der Waals surface area contributed by atoms with E-state index in [0.717, 1.165) is 6.07 Å². The van der Waals surface area contributed by atoms with Crippen LogP contribution in [0.1, 0.15) is 117 Å². The first kappa shape index (κ1) is 28.1. The van der Waals surface area contributed by atoms with Crippen molar-refractivity contribution in [3.05, 3.63) is 29.3 Å². The Hall–Kier alpha value is -1.50. The molecule has 9 heteroatoms. The van der Waals surface area contributed by atoms with Crippen molar-refractivity contribution >= 4 is 30.0 Å². The highest BCUT2D eigenvalue weighted by Gasteiger charge is 2.36. The van der Waals surface area contributed by atoms with Crippen LogP contribution in [0.5, 0.6) is 0 Å². The quantitative estimate of drug-likeness (QED) is 0.275. The molecule has 0 amide bonds. The summed E-state index contributed by atoms with van der Waals surface area (Å²) in [5.74, 6) is -2.99. The molecule has 3 saturated carbocycles. The molecule has 35 heavy (non-hydrogen) atoms. The van der Waals surface area contributed by atoms with E-state index in [4.69, 9.17) is 14.8 Å².